The number of thiazole rings is 1. The highest BCUT2D eigenvalue weighted by atomic mass is 79.9. The van der Waals surface area contributed by atoms with Crippen LogP contribution >= 0.6 is 38.6 Å². The minimum atomic E-state index is -0.248. The molecule has 2 amide bonds. The Labute approximate surface area is 171 Å². The van der Waals surface area contributed by atoms with Crippen molar-refractivity contribution in [3.05, 3.63) is 50.8 Å². The van der Waals surface area contributed by atoms with E-state index in [9.17, 15) is 9.59 Å². The second-order valence-corrected chi connectivity index (χ2v) is 8.64. The zero-order valence-corrected chi connectivity index (χ0v) is 17.3. The minimum Gasteiger partial charge on any atom is -0.482 e. The van der Waals surface area contributed by atoms with Gasteiger partial charge in [-0.2, -0.15) is 0 Å². The normalized spacial score (nSPS) is 14.1. The fourth-order valence-electron chi connectivity index (χ4n) is 2.64. The van der Waals surface area contributed by atoms with Crippen LogP contribution < -0.4 is 15.4 Å². The van der Waals surface area contributed by atoms with Crippen LogP contribution in [-0.2, 0) is 4.79 Å². The number of carbonyl (C=O) groups excluding carboxylic acids is 2. The van der Waals surface area contributed by atoms with Gasteiger partial charge in [-0.05, 0) is 46.6 Å². The second kappa shape index (κ2) is 7.41. The molecule has 6 nitrogen and oxygen atoms in total. The number of hydrogen-bond donors (Lipinski definition) is 2. The van der Waals surface area contributed by atoms with Crippen molar-refractivity contribution in [1.82, 2.24) is 10.3 Å². The van der Waals surface area contributed by atoms with Gasteiger partial charge in [0.2, 0.25) is 0 Å². The number of carbonyl (C=O) groups is 2. The van der Waals surface area contributed by atoms with E-state index in [2.05, 4.69) is 31.5 Å². The molecule has 1 aromatic carbocycles. The van der Waals surface area contributed by atoms with Gasteiger partial charge in [-0.15, -0.1) is 22.7 Å². The standard InChI is InChI=1S/C18H14BrN3O3S2/c1-9(10-2-3-14-12(4-10)21-16(23)6-25-14)20-17(24)13-8-27-18(22-13)15-5-11(19)7-26-15/h2-5,7-9H,6H2,1H3,(H,20,24)(H,21,23). The smallest absolute Gasteiger partial charge is 0.271 e. The zero-order valence-electron chi connectivity index (χ0n) is 14.1. The van der Waals surface area contributed by atoms with E-state index in [-0.39, 0.29) is 24.5 Å². The molecule has 4 rings (SSSR count). The summed E-state index contributed by atoms with van der Waals surface area (Å²) in [7, 11) is 0. The summed E-state index contributed by atoms with van der Waals surface area (Å²) >= 11 is 6.44. The fourth-order valence-corrected chi connectivity index (χ4v) is 4.95. The molecule has 1 unspecified atom stereocenters. The third-order valence-electron chi connectivity index (χ3n) is 4.00. The minimum absolute atomic E-state index is 0.0195. The van der Waals surface area contributed by atoms with Crippen molar-refractivity contribution in [2.45, 2.75) is 13.0 Å². The van der Waals surface area contributed by atoms with Gasteiger partial charge in [0.05, 0.1) is 16.6 Å². The SMILES string of the molecule is CC(NC(=O)c1csc(-c2cc(Br)cs2)n1)c1ccc2c(c1)NC(=O)CO2. The number of aromatic nitrogens is 1. The Morgan fingerprint density at radius 3 is 2.96 bits per heavy atom. The number of benzene rings is 1. The molecule has 3 aromatic rings. The molecule has 2 aromatic heterocycles. The lowest BCUT2D eigenvalue weighted by atomic mass is 10.1. The lowest BCUT2D eigenvalue weighted by molar-refractivity contribution is -0.118. The van der Waals surface area contributed by atoms with Gasteiger partial charge in [0.15, 0.2) is 6.61 Å². The molecule has 138 valence electrons. The molecule has 0 radical (unpaired) electrons. The molecule has 9 heteroatoms. The van der Waals surface area contributed by atoms with Gasteiger partial charge in [0.25, 0.3) is 11.8 Å². The number of amides is 2. The molecule has 27 heavy (non-hydrogen) atoms. The van der Waals surface area contributed by atoms with Crippen LogP contribution in [0.1, 0.15) is 29.0 Å². The molecule has 1 aliphatic rings. The van der Waals surface area contributed by atoms with Gasteiger partial charge >= 0.3 is 0 Å². The summed E-state index contributed by atoms with van der Waals surface area (Å²) in [6, 6.07) is 7.21. The van der Waals surface area contributed by atoms with Gasteiger partial charge in [-0.1, -0.05) is 6.07 Å². The Bertz CT molecular complexity index is 1030. The molecular weight excluding hydrogens is 450 g/mol. The highest BCUT2D eigenvalue weighted by molar-refractivity contribution is 9.10. The Kier molecular flexibility index (Phi) is 4.98. The van der Waals surface area contributed by atoms with Gasteiger partial charge in [0.1, 0.15) is 16.5 Å². The van der Waals surface area contributed by atoms with Crippen LogP contribution in [0.3, 0.4) is 0 Å². The number of rotatable bonds is 4. The van der Waals surface area contributed by atoms with E-state index in [1.165, 1.54) is 11.3 Å². The molecule has 0 fully saturated rings. The van der Waals surface area contributed by atoms with Gasteiger partial charge < -0.3 is 15.4 Å². The van der Waals surface area contributed by atoms with Crippen molar-refractivity contribution in [2.24, 2.45) is 0 Å². The maximum atomic E-state index is 12.6. The third-order valence-corrected chi connectivity index (χ3v) is 6.70. The van der Waals surface area contributed by atoms with E-state index in [0.29, 0.717) is 17.1 Å². The van der Waals surface area contributed by atoms with E-state index in [1.807, 2.05) is 30.5 Å². The number of nitrogens with zero attached hydrogens (tertiary/aromatic N) is 1. The number of halogens is 1. The zero-order chi connectivity index (χ0) is 19.0. The number of thiophene rings is 1. The van der Waals surface area contributed by atoms with Crippen molar-refractivity contribution in [3.8, 4) is 15.6 Å². The van der Waals surface area contributed by atoms with E-state index in [0.717, 1.165) is 19.9 Å². The van der Waals surface area contributed by atoms with Gasteiger partial charge in [0, 0.05) is 15.2 Å². The Hall–Kier alpha value is -2.23. The largest absolute Gasteiger partial charge is 0.482 e. The van der Waals surface area contributed by atoms with Crippen molar-refractivity contribution in [3.63, 3.8) is 0 Å². The van der Waals surface area contributed by atoms with E-state index >= 15 is 0 Å². The Balaban J connectivity index is 1.47. The van der Waals surface area contributed by atoms with Crippen LogP contribution in [0.15, 0.2) is 39.5 Å². The topological polar surface area (TPSA) is 80.3 Å². The average molecular weight is 464 g/mol. The molecule has 3 heterocycles. The number of fused-ring (bicyclic) bond motifs is 1. The summed E-state index contributed by atoms with van der Waals surface area (Å²) in [6.07, 6.45) is 0. The third kappa shape index (κ3) is 3.90. The molecule has 1 aliphatic heterocycles. The quantitative estimate of drug-likeness (QED) is 0.598. The predicted molar refractivity (Wildman–Crippen MR) is 110 cm³/mol. The molecule has 0 spiro atoms. The van der Waals surface area contributed by atoms with Gasteiger partial charge in [-0.3, -0.25) is 9.59 Å². The first-order chi connectivity index (χ1) is 13.0. The molecular formula is C18H14BrN3O3S2. The summed E-state index contributed by atoms with van der Waals surface area (Å²) in [4.78, 5) is 29.5. The van der Waals surface area contributed by atoms with Crippen LogP contribution in [0.5, 0.6) is 5.75 Å². The van der Waals surface area contributed by atoms with Crippen LogP contribution in [0.4, 0.5) is 5.69 Å². The molecule has 0 bridgehead atoms. The number of hydrogen-bond acceptors (Lipinski definition) is 6. The molecule has 0 saturated carbocycles. The first kappa shape index (κ1) is 18.1. The van der Waals surface area contributed by atoms with E-state index in [4.69, 9.17) is 4.74 Å². The van der Waals surface area contributed by atoms with Crippen molar-refractivity contribution in [1.29, 1.82) is 0 Å². The lowest BCUT2D eigenvalue weighted by Crippen LogP contribution is -2.28. The summed E-state index contributed by atoms with van der Waals surface area (Å²) in [6.45, 7) is 1.90. The molecule has 0 aliphatic carbocycles. The monoisotopic (exact) mass is 463 g/mol. The van der Waals surface area contributed by atoms with Crippen LogP contribution in [0.2, 0.25) is 0 Å². The van der Waals surface area contributed by atoms with Crippen LogP contribution in [0.25, 0.3) is 9.88 Å². The highest BCUT2D eigenvalue weighted by Crippen LogP contribution is 2.33. The summed E-state index contributed by atoms with van der Waals surface area (Å²) in [5, 5.41) is 10.3. The van der Waals surface area contributed by atoms with Gasteiger partial charge in [-0.25, -0.2) is 4.98 Å². The molecule has 1 atom stereocenters. The number of nitrogens with one attached hydrogen (secondary N) is 2. The fraction of sp³-hybridized carbons (Fsp3) is 0.167. The Morgan fingerprint density at radius 1 is 1.33 bits per heavy atom. The van der Waals surface area contributed by atoms with E-state index < -0.39 is 0 Å². The first-order valence-electron chi connectivity index (χ1n) is 8.07. The predicted octanol–water partition coefficient (Wildman–Crippen LogP) is 4.46. The second-order valence-electron chi connectivity index (χ2n) is 5.95. The van der Waals surface area contributed by atoms with Crippen molar-refractivity contribution >= 4 is 56.1 Å². The number of ether oxygens (including phenoxy) is 1. The Morgan fingerprint density at radius 2 is 2.19 bits per heavy atom. The summed E-state index contributed by atoms with van der Waals surface area (Å²) < 4.78 is 6.36. The van der Waals surface area contributed by atoms with Crippen LogP contribution in [0, 0.1) is 0 Å². The molecule has 0 saturated heterocycles. The maximum Gasteiger partial charge on any atom is 0.271 e. The van der Waals surface area contributed by atoms with E-state index in [1.54, 1.807) is 22.8 Å². The lowest BCUT2D eigenvalue weighted by Gasteiger charge is -2.20. The maximum absolute atomic E-state index is 12.6. The molecule has 2 N–H and O–H groups in total. The van der Waals surface area contributed by atoms with Crippen molar-refractivity contribution < 1.29 is 14.3 Å². The first-order valence-corrected chi connectivity index (χ1v) is 10.6. The highest BCUT2D eigenvalue weighted by Gasteiger charge is 2.19. The average Bonchev–Trinajstić information content (AvgIpc) is 3.30. The van der Waals surface area contributed by atoms with Crippen LogP contribution in [-0.4, -0.2) is 23.4 Å². The van der Waals surface area contributed by atoms with Crippen molar-refractivity contribution in [2.75, 3.05) is 11.9 Å². The summed E-state index contributed by atoms with van der Waals surface area (Å²) in [5.41, 5.74) is 1.87. The summed E-state index contributed by atoms with van der Waals surface area (Å²) in [5.74, 6) is 0.202. The number of anilines is 1.